The van der Waals surface area contributed by atoms with Crippen LogP contribution in [-0.4, -0.2) is 45.4 Å². The van der Waals surface area contributed by atoms with E-state index < -0.39 is 17.4 Å². The maximum absolute atomic E-state index is 12.3. The third-order valence-corrected chi connectivity index (χ3v) is 4.64. The number of benzene rings is 1. The number of carbonyl (C=O) groups excluding carboxylic acids is 3. The molecule has 1 amide bonds. The molecule has 0 bridgehead atoms. The summed E-state index contributed by atoms with van der Waals surface area (Å²) in [4.78, 5) is 38.1. The molecule has 0 spiro atoms. The van der Waals surface area contributed by atoms with Gasteiger partial charge in [0.15, 0.2) is 0 Å². The number of hydrogen-bond donors (Lipinski definition) is 1. The molecule has 2 aliphatic heterocycles. The van der Waals surface area contributed by atoms with Crippen molar-refractivity contribution in [3.8, 4) is 0 Å². The first-order valence-electron chi connectivity index (χ1n) is 8.02. The van der Waals surface area contributed by atoms with Crippen LogP contribution in [-0.2, 0) is 34.0 Å². The molecule has 8 heteroatoms. The second kappa shape index (κ2) is 6.45. The van der Waals surface area contributed by atoms with Gasteiger partial charge in [0, 0.05) is 11.4 Å². The minimum Gasteiger partial charge on any atom is -0.466 e. The largest absolute Gasteiger partial charge is 0.466 e. The Morgan fingerprint density at radius 3 is 2.54 bits per heavy atom. The number of rotatable bonds is 3. The van der Waals surface area contributed by atoms with E-state index in [9.17, 15) is 14.4 Å². The van der Waals surface area contributed by atoms with E-state index in [1.54, 1.807) is 23.1 Å². The van der Waals surface area contributed by atoms with Gasteiger partial charge in [0.1, 0.15) is 12.4 Å². The van der Waals surface area contributed by atoms with Gasteiger partial charge in [0.2, 0.25) is 5.91 Å². The van der Waals surface area contributed by atoms with E-state index in [1.807, 2.05) is 13.8 Å². The zero-order valence-electron chi connectivity index (χ0n) is 15.0. The summed E-state index contributed by atoms with van der Waals surface area (Å²) in [5.74, 6) is -1.42. The van der Waals surface area contributed by atoms with Crippen molar-refractivity contribution in [1.82, 2.24) is 0 Å². The smallest absolute Gasteiger partial charge is 0.355 e. The average molecular weight is 360 g/mol. The molecule has 138 valence electrons. The fourth-order valence-electron chi connectivity index (χ4n) is 3.07. The van der Waals surface area contributed by atoms with E-state index in [1.165, 1.54) is 14.2 Å². The van der Waals surface area contributed by atoms with Crippen molar-refractivity contribution in [2.75, 3.05) is 37.8 Å². The standard InChI is InChI=1S/C18H20N2O6/c1-18(2)12-7-10(5-6-13(12)19-17(18)23)20-9-26-8-11(15(21)24-3)14(20)16(22)25-4/h5-7H,8-9H2,1-4H3,(H,19,23). The predicted molar refractivity (Wildman–Crippen MR) is 92.5 cm³/mol. The Bertz CT molecular complexity index is 827. The van der Waals surface area contributed by atoms with Crippen LogP contribution in [0.5, 0.6) is 0 Å². The topological polar surface area (TPSA) is 94.2 Å². The Balaban J connectivity index is 2.11. The van der Waals surface area contributed by atoms with Crippen LogP contribution < -0.4 is 10.2 Å². The minimum atomic E-state index is -0.706. The number of ether oxygens (including phenoxy) is 3. The van der Waals surface area contributed by atoms with Crippen LogP contribution in [0.2, 0.25) is 0 Å². The molecule has 2 aliphatic rings. The fraction of sp³-hybridized carbons (Fsp3) is 0.389. The molecule has 0 radical (unpaired) electrons. The van der Waals surface area contributed by atoms with Crippen LogP contribution in [0.1, 0.15) is 19.4 Å². The van der Waals surface area contributed by atoms with Crippen molar-refractivity contribution < 1.29 is 28.6 Å². The van der Waals surface area contributed by atoms with E-state index in [0.29, 0.717) is 5.69 Å². The van der Waals surface area contributed by atoms with Gasteiger partial charge in [-0.1, -0.05) is 0 Å². The molecule has 26 heavy (non-hydrogen) atoms. The molecule has 1 N–H and O–H groups in total. The molecule has 2 heterocycles. The summed E-state index contributed by atoms with van der Waals surface area (Å²) in [6.45, 7) is 3.65. The highest BCUT2D eigenvalue weighted by Crippen LogP contribution is 2.40. The maximum Gasteiger partial charge on any atom is 0.355 e. The van der Waals surface area contributed by atoms with Crippen LogP contribution >= 0.6 is 0 Å². The van der Waals surface area contributed by atoms with Crippen molar-refractivity contribution in [1.29, 1.82) is 0 Å². The zero-order chi connectivity index (χ0) is 19.1. The molecule has 0 atom stereocenters. The Hall–Kier alpha value is -2.87. The van der Waals surface area contributed by atoms with E-state index >= 15 is 0 Å². The predicted octanol–water partition coefficient (Wildman–Crippen LogP) is 1.31. The van der Waals surface area contributed by atoms with Gasteiger partial charge < -0.3 is 24.4 Å². The van der Waals surface area contributed by atoms with Crippen molar-refractivity contribution in [3.63, 3.8) is 0 Å². The first-order valence-corrected chi connectivity index (χ1v) is 8.02. The van der Waals surface area contributed by atoms with Gasteiger partial charge in [-0.15, -0.1) is 0 Å². The monoisotopic (exact) mass is 360 g/mol. The van der Waals surface area contributed by atoms with Gasteiger partial charge in [0.25, 0.3) is 0 Å². The lowest BCUT2D eigenvalue weighted by Crippen LogP contribution is -2.39. The highest BCUT2D eigenvalue weighted by molar-refractivity contribution is 6.07. The fourth-order valence-corrected chi connectivity index (χ4v) is 3.07. The number of nitrogens with one attached hydrogen (secondary N) is 1. The average Bonchev–Trinajstić information content (AvgIpc) is 2.88. The van der Waals surface area contributed by atoms with E-state index in [2.05, 4.69) is 5.32 Å². The number of amides is 1. The highest BCUT2D eigenvalue weighted by Gasteiger charge is 2.39. The van der Waals surface area contributed by atoms with Crippen molar-refractivity contribution in [3.05, 3.63) is 35.0 Å². The number of fused-ring (bicyclic) bond motifs is 1. The second-order valence-corrected chi connectivity index (χ2v) is 6.52. The van der Waals surface area contributed by atoms with Gasteiger partial charge in [0.05, 0.1) is 31.8 Å². The molecule has 1 aromatic carbocycles. The van der Waals surface area contributed by atoms with Gasteiger partial charge >= 0.3 is 11.9 Å². The molecule has 0 aromatic heterocycles. The summed E-state index contributed by atoms with van der Waals surface area (Å²) in [7, 11) is 2.48. The van der Waals surface area contributed by atoms with E-state index in [4.69, 9.17) is 14.2 Å². The summed E-state index contributed by atoms with van der Waals surface area (Å²) in [5, 5.41) is 2.83. The van der Waals surface area contributed by atoms with E-state index in [-0.39, 0.29) is 30.5 Å². The van der Waals surface area contributed by atoms with Crippen LogP contribution in [0.15, 0.2) is 29.5 Å². The molecule has 1 aromatic rings. The number of carbonyl (C=O) groups is 3. The number of esters is 2. The number of nitrogens with zero attached hydrogens (tertiary/aromatic N) is 1. The normalized spacial score (nSPS) is 18.3. The third kappa shape index (κ3) is 2.72. The molecule has 0 aliphatic carbocycles. The third-order valence-electron chi connectivity index (χ3n) is 4.64. The molecular formula is C18H20N2O6. The molecule has 0 saturated carbocycles. The van der Waals surface area contributed by atoms with Crippen molar-refractivity contribution in [2.45, 2.75) is 19.3 Å². The van der Waals surface area contributed by atoms with Crippen LogP contribution in [0.4, 0.5) is 11.4 Å². The Morgan fingerprint density at radius 1 is 1.19 bits per heavy atom. The molecule has 0 fully saturated rings. The Morgan fingerprint density at radius 2 is 1.88 bits per heavy atom. The number of anilines is 2. The minimum absolute atomic E-state index is 0.0515. The summed E-state index contributed by atoms with van der Waals surface area (Å²) >= 11 is 0. The quantitative estimate of drug-likeness (QED) is 0.812. The maximum atomic E-state index is 12.3. The SMILES string of the molecule is COC(=O)C1=C(C(=O)OC)N(c2ccc3c(c2)C(C)(C)C(=O)N3)COC1. The van der Waals surface area contributed by atoms with Gasteiger partial charge in [-0.3, -0.25) is 4.79 Å². The Kier molecular flexibility index (Phi) is 4.45. The summed E-state index contributed by atoms with van der Waals surface area (Å²) in [6.07, 6.45) is 0. The van der Waals surface area contributed by atoms with Gasteiger partial charge in [-0.05, 0) is 37.6 Å². The summed E-state index contributed by atoms with van der Waals surface area (Å²) in [5.41, 5.74) is 1.57. The first-order chi connectivity index (χ1) is 12.3. The van der Waals surface area contributed by atoms with E-state index in [0.717, 1.165) is 11.3 Å². The van der Waals surface area contributed by atoms with Crippen molar-refractivity contribution >= 4 is 29.2 Å². The van der Waals surface area contributed by atoms with Gasteiger partial charge in [-0.2, -0.15) is 0 Å². The molecule has 3 rings (SSSR count). The summed E-state index contributed by atoms with van der Waals surface area (Å²) in [6, 6.07) is 5.31. The zero-order valence-corrected chi connectivity index (χ0v) is 15.0. The van der Waals surface area contributed by atoms with Crippen LogP contribution in [0.25, 0.3) is 0 Å². The highest BCUT2D eigenvalue weighted by atomic mass is 16.5. The lowest BCUT2D eigenvalue weighted by atomic mass is 9.86. The molecule has 8 nitrogen and oxygen atoms in total. The number of hydrogen-bond acceptors (Lipinski definition) is 7. The summed E-state index contributed by atoms with van der Waals surface area (Å²) < 4.78 is 15.1. The lowest BCUT2D eigenvalue weighted by Gasteiger charge is -2.32. The number of methoxy groups -OCH3 is 2. The molecular weight excluding hydrogens is 340 g/mol. The van der Waals surface area contributed by atoms with Crippen molar-refractivity contribution in [2.24, 2.45) is 0 Å². The molecule has 0 unspecified atom stereocenters. The lowest BCUT2D eigenvalue weighted by molar-refractivity contribution is -0.140. The second-order valence-electron chi connectivity index (χ2n) is 6.52. The van der Waals surface area contributed by atoms with Crippen LogP contribution in [0.3, 0.4) is 0 Å². The van der Waals surface area contributed by atoms with Gasteiger partial charge in [-0.25, -0.2) is 9.59 Å². The molecule has 0 saturated heterocycles. The first kappa shape index (κ1) is 17.9. The van der Waals surface area contributed by atoms with Crippen LogP contribution in [0, 0.1) is 0 Å². The Labute approximate surface area is 150 Å².